The normalized spacial score (nSPS) is 27.6. The van der Waals surface area contributed by atoms with Crippen LogP contribution in [0, 0.1) is 0 Å². The maximum atomic E-state index is 3.82. The highest BCUT2D eigenvalue weighted by atomic mass is 32.2. The van der Waals surface area contributed by atoms with E-state index in [1.54, 1.807) is 0 Å². The molecule has 2 heteroatoms. The first-order chi connectivity index (χ1) is 7.77. The molecule has 16 heavy (non-hydrogen) atoms. The van der Waals surface area contributed by atoms with Crippen LogP contribution in [0.1, 0.15) is 51.9 Å². The van der Waals surface area contributed by atoms with Crippen LogP contribution >= 0.6 is 11.8 Å². The molecule has 94 valence electrons. The molecular formula is C14H27NS. The summed E-state index contributed by atoms with van der Waals surface area (Å²) in [5, 5.41) is 4.67. The number of hydrogen-bond acceptors (Lipinski definition) is 2. The summed E-state index contributed by atoms with van der Waals surface area (Å²) < 4.78 is 0. The van der Waals surface area contributed by atoms with E-state index in [4.69, 9.17) is 0 Å². The zero-order chi connectivity index (χ0) is 11.8. The van der Waals surface area contributed by atoms with E-state index < -0.39 is 0 Å². The Balaban J connectivity index is 2.24. The average Bonchev–Trinajstić information content (AvgIpc) is 2.30. The molecule has 3 atom stereocenters. The van der Waals surface area contributed by atoms with Gasteiger partial charge in [0.1, 0.15) is 0 Å². The van der Waals surface area contributed by atoms with Crippen molar-refractivity contribution in [3.8, 4) is 0 Å². The quantitative estimate of drug-likeness (QED) is 0.534. The first-order valence-electron chi connectivity index (χ1n) is 6.67. The van der Waals surface area contributed by atoms with Crippen molar-refractivity contribution >= 4 is 11.8 Å². The lowest BCUT2D eigenvalue weighted by Gasteiger charge is -2.33. The third-order valence-corrected chi connectivity index (χ3v) is 4.72. The zero-order valence-electron chi connectivity index (χ0n) is 10.9. The lowest BCUT2D eigenvalue weighted by molar-refractivity contribution is 0.343. The topological polar surface area (TPSA) is 12.0 Å². The van der Waals surface area contributed by atoms with Crippen LogP contribution in [0.2, 0.25) is 0 Å². The molecule has 0 heterocycles. The van der Waals surface area contributed by atoms with Gasteiger partial charge < -0.3 is 5.32 Å². The van der Waals surface area contributed by atoms with E-state index in [9.17, 15) is 0 Å². The van der Waals surface area contributed by atoms with Crippen LogP contribution in [0.4, 0.5) is 0 Å². The Morgan fingerprint density at radius 1 is 1.44 bits per heavy atom. The van der Waals surface area contributed by atoms with Crippen molar-refractivity contribution in [2.75, 3.05) is 6.26 Å². The molecule has 0 radical (unpaired) electrons. The maximum Gasteiger partial charge on any atom is 0.0198 e. The summed E-state index contributed by atoms with van der Waals surface area (Å²) in [4.78, 5) is 0. The van der Waals surface area contributed by atoms with Gasteiger partial charge in [0, 0.05) is 17.3 Å². The van der Waals surface area contributed by atoms with Crippen molar-refractivity contribution in [1.29, 1.82) is 0 Å². The van der Waals surface area contributed by atoms with Crippen molar-refractivity contribution in [2.24, 2.45) is 0 Å². The molecule has 0 aliphatic heterocycles. The van der Waals surface area contributed by atoms with Crippen molar-refractivity contribution in [3.05, 3.63) is 12.7 Å². The SMILES string of the molecule is C=CCCCC(C)NC1CCCCC1SC. The van der Waals surface area contributed by atoms with Crippen molar-refractivity contribution in [2.45, 2.75) is 69.2 Å². The number of thioether (sulfide) groups is 1. The van der Waals surface area contributed by atoms with Crippen LogP contribution in [0.3, 0.4) is 0 Å². The fourth-order valence-corrected chi connectivity index (χ4v) is 3.53. The molecule has 1 aliphatic rings. The molecule has 1 rings (SSSR count). The molecule has 0 saturated heterocycles. The first kappa shape index (κ1) is 14.1. The minimum absolute atomic E-state index is 0.665. The highest BCUT2D eigenvalue weighted by Crippen LogP contribution is 2.27. The third kappa shape index (κ3) is 4.92. The highest BCUT2D eigenvalue weighted by Gasteiger charge is 2.24. The standard InChI is InChI=1S/C14H27NS/c1-4-5-6-9-12(2)15-13-10-7-8-11-14(13)16-3/h4,12-15H,1,5-11H2,2-3H3. The Bertz CT molecular complexity index is 193. The highest BCUT2D eigenvalue weighted by molar-refractivity contribution is 7.99. The minimum Gasteiger partial charge on any atom is -0.310 e. The summed E-state index contributed by atoms with van der Waals surface area (Å²) in [7, 11) is 0. The zero-order valence-corrected chi connectivity index (χ0v) is 11.7. The van der Waals surface area contributed by atoms with Gasteiger partial charge in [-0.25, -0.2) is 0 Å². The number of hydrogen-bond donors (Lipinski definition) is 1. The molecule has 0 aromatic rings. The monoisotopic (exact) mass is 241 g/mol. The molecule has 1 aliphatic carbocycles. The predicted octanol–water partition coefficient (Wildman–Crippen LogP) is 4.00. The Labute approximate surface area is 105 Å². The van der Waals surface area contributed by atoms with Gasteiger partial charge in [0.2, 0.25) is 0 Å². The Morgan fingerprint density at radius 2 is 2.19 bits per heavy atom. The minimum atomic E-state index is 0.665. The van der Waals surface area contributed by atoms with Gasteiger partial charge in [0.25, 0.3) is 0 Å². The van der Waals surface area contributed by atoms with Crippen LogP contribution in [0.25, 0.3) is 0 Å². The van der Waals surface area contributed by atoms with Gasteiger partial charge in [-0.05, 0) is 45.3 Å². The predicted molar refractivity (Wildman–Crippen MR) is 76.2 cm³/mol. The lowest BCUT2D eigenvalue weighted by atomic mass is 9.94. The van der Waals surface area contributed by atoms with Crippen LogP contribution in [0.5, 0.6) is 0 Å². The fraction of sp³-hybridized carbons (Fsp3) is 0.857. The summed E-state index contributed by atoms with van der Waals surface area (Å²) in [6.45, 7) is 6.10. The van der Waals surface area contributed by atoms with Gasteiger partial charge in [0.15, 0.2) is 0 Å². The van der Waals surface area contributed by atoms with Gasteiger partial charge in [0.05, 0.1) is 0 Å². The van der Waals surface area contributed by atoms with Crippen LogP contribution in [-0.2, 0) is 0 Å². The molecule has 3 unspecified atom stereocenters. The number of allylic oxidation sites excluding steroid dienone is 1. The Morgan fingerprint density at radius 3 is 2.88 bits per heavy atom. The second-order valence-corrected chi connectivity index (χ2v) is 6.03. The van der Waals surface area contributed by atoms with Crippen LogP contribution < -0.4 is 5.32 Å². The van der Waals surface area contributed by atoms with Crippen LogP contribution in [-0.4, -0.2) is 23.6 Å². The first-order valence-corrected chi connectivity index (χ1v) is 7.96. The molecule has 1 N–H and O–H groups in total. The van der Waals surface area contributed by atoms with Gasteiger partial charge in [-0.15, -0.1) is 6.58 Å². The molecule has 0 aromatic carbocycles. The molecule has 0 spiro atoms. The molecule has 1 nitrogen and oxygen atoms in total. The molecule has 1 saturated carbocycles. The second-order valence-electron chi connectivity index (χ2n) is 4.95. The average molecular weight is 241 g/mol. The summed E-state index contributed by atoms with van der Waals surface area (Å²) in [5.41, 5.74) is 0. The van der Waals surface area contributed by atoms with E-state index in [0.29, 0.717) is 6.04 Å². The molecular weight excluding hydrogens is 214 g/mol. The van der Waals surface area contributed by atoms with Crippen molar-refractivity contribution in [1.82, 2.24) is 5.32 Å². The molecule has 0 bridgehead atoms. The van der Waals surface area contributed by atoms with E-state index in [1.807, 2.05) is 17.8 Å². The van der Waals surface area contributed by atoms with E-state index in [0.717, 1.165) is 17.7 Å². The van der Waals surface area contributed by atoms with Gasteiger partial charge in [-0.2, -0.15) is 11.8 Å². The smallest absolute Gasteiger partial charge is 0.0198 e. The lowest BCUT2D eigenvalue weighted by Crippen LogP contribution is -2.44. The second kappa shape index (κ2) is 8.19. The van der Waals surface area contributed by atoms with E-state index in [2.05, 4.69) is 25.1 Å². The van der Waals surface area contributed by atoms with Crippen molar-refractivity contribution < 1.29 is 0 Å². The fourth-order valence-electron chi connectivity index (χ4n) is 2.59. The van der Waals surface area contributed by atoms with Gasteiger partial charge in [-0.1, -0.05) is 18.9 Å². The van der Waals surface area contributed by atoms with Crippen LogP contribution in [0.15, 0.2) is 12.7 Å². The van der Waals surface area contributed by atoms with E-state index in [-0.39, 0.29) is 0 Å². The van der Waals surface area contributed by atoms with Gasteiger partial charge >= 0.3 is 0 Å². The summed E-state index contributed by atoms with van der Waals surface area (Å²) in [5.74, 6) is 0. The third-order valence-electron chi connectivity index (χ3n) is 3.55. The summed E-state index contributed by atoms with van der Waals surface area (Å²) >= 11 is 2.05. The molecule has 1 fully saturated rings. The summed E-state index contributed by atoms with van der Waals surface area (Å²) in [6.07, 6.45) is 13.6. The summed E-state index contributed by atoms with van der Waals surface area (Å²) in [6, 6.07) is 1.42. The largest absolute Gasteiger partial charge is 0.310 e. The molecule has 0 amide bonds. The Kier molecular flexibility index (Phi) is 7.22. The van der Waals surface area contributed by atoms with Gasteiger partial charge in [-0.3, -0.25) is 0 Å². The number of nitrogens with one attached hydrogen (secondary N) is 1. The number of rotatable bonds is 7. The maximum absolute atomic E-state index is 3.82. The van der Waals surface area contributed by atoms with E-state index in [1.165, 1.54) is 38.5 Å². The molecule has 0 aromatic heterocycles. The van der Waals surface area contributed by atoms with Crippen molar-refractivity contribution in [3.63, 3.8) is 0 Å². The van der Waals surface area contributed by atoms with E-state index >= 15 is 0 Å². The Hall–Kier alpha value is 0.0500. The number of unbranched alkanes of at least 4 members (excludes halogenated alkanes) is 1.